The highest BCUT2D eigenvalue weighted by molar-refractivity contribution is 6.33. The quantitative estimate of drug-likeness (QED) is 0.427. The average Bonchev–Trinajstić information content (AvgIpc) is 2.81. The summed E-state index contributed by atoms with van der Waals surface area (Å²) in [4.78, 5) is 42.4. The van der Waals surface area contributed by atoms with Gasteiger partial charge in [0.05, 0.1) is 10.6 Å². The van der Waals surface area contributed by atoms with Gasteiger partial charge in [-0.2, -0.15) is 13.2 Å². The van der Waals surface area contributed by atoms with Crippen molar-refractivity contribution in [2.75, 3.05) is 44.3 Å². The van der Waals surface area contributed by atoms with Gasteiger partial charge in [-0.15, -0.1) is 0 Å². The Kier molecular flexibility index (Phi) is 7.98. The number of hydrogen-bond acceptors (Lipinski definition) is 7. The molecule has 2 heterocycles. The Bertz CT molecular complexity index is 1050. The Morgan fingerprint density at radius 1 is 1.06 bits per heavy atom. The molecule has 0 bridgehead atoms. The number of carbonyl (C=O) groups excluding carboxylic acids is 3. The molecule has 34 heavy (non-hydrogen) atoms. The molecule has 1 aliphatic rings. The number of ketones is 1. The summed E-state index contributed by atoms with van der Waals surface area (Å²) < 4.78 is 48.6. The molecule has 182 valence electrons. The molecule has 8 nitrogen and oxygen atoms in total. The standard InChI is InChI=1S/C22H21ClF3N3O5/c1-14(30)15-2-4-17(5-3-15)33-13-20(32)34-12-19(31)28-6-8-29(9-7-28)21-18(23)10-16(11-27-21)22(24,25)26/h2-5,10-11H,6-9,12-13H2,1H3. The van der Waals surface area contributed by atoms with E-state index < -0.39 is 36.8 Å². The lowest BCUT2D eigenvalue weighted by Crippen LogP contribution is -2.50. The van der Waals surface area contributed by atoms with Crippen LogP contribution in [0.2, 0.25) is 5.02 Å². The summed E-state index contributed by atoms with van der Waals surface area (Å²) >= 11 is 5.98. The maximum atomic E-state index is 12.8. The van der Waals surface area contributed by atoms with E-state index in [9.17, 15) is 27.6 Å². The molecule has 0 spiro atoms. The number of amides is 1. The third-order valence-corrected chi connectivity index (χ3v) is 5.33. The Hall–Kier alpha value is -3.34. The summed E-state index contributed by atoms with van der Waals surface area (Å²) in [6, 6.07) is 7.05. The lowest BCUT2D eigenvalue weighted by molar-refractivity contribution is -0.153. The first-order valence-corrected chi connectivity index (χ1v) is 10.6. The van der Waals surface area contributed by atoms with E-state index in [1.165, 1.54) is 11.8 Å². The average molecular weight is 500 g/mol. The summed E-state index contributed by atoms with van der Waals surface area (Å²) in [5, 5.41) is -0.125. The molecule has 1 aliphatic heterocycles. The van der Waals surface area contributed by atoms with Gasteiger partial charge in [-0.25, -0.2) is 9.78 Å². The number of ether oxygens (including phenoxy) is 2. The number of alkyl halides is 3. The number of benzene rings is 1. The van der Waals surface area contributed by atoms with Gasteiger partial charge in [0.2, 0.25) is 0 Å². The summed E-state index contributed by atoms with van der Waals surface area (Å²) in [7, 11) is 0. The van der Waals surface area contributed by atoms with Crippen LogP contribution < -0.4 is 9.64 Å². The van der Waals surface area contributed by atoms with Crippen LogP contribution >= 0.6 is 11.6 Å². The van der Waals surface area contributed by atoms with Crippen molar-refractivity contribution in [3.05, 3.63) is 52.7 Å². The van der Waals surface area contributed by atoms with E-state index in [-0.39, 0.29) is 29.7 Å². The molecule has 0 aliphatic carbocycles. The molecule has 1 fully saturated rings. The van der Waals surface area contributed by atoms with Gasteiger partial charge in [0.15, 0.2) is 19.0 Å². The minimum absolute atomic E-state index is 0.0935. The second kappa shape index (κ2) is 10.7. The fourth-order valence-electron chi connectivity index (χ4n) is 3.19. The fourth-order valence-corrected chi connectivity index (χ4v) is 3.48. The number of pyridine rings is 1. The van der Waals surface area contributed by atoms with E-state index in [0.29, 0.717) is 24.4 Å². The van der Waals surface area contributed by atoms with Crippen LogP contribution in [0.15, 0.2) is 36.5 Å². The van der Waals surface area contributed by atoms with Crippen LogP contribution in [0.4, 0.5) is 19.0 Å². The lowest BCUT2D eigenvalue weighted by atomic mass is 10.1. The van der Waals surface area contributed by atoms with Crippen molar-refractivity contribution in [1.29, 1.82) is 0 Å². The van der Waals surface area contributed by atoms with Crippen LogP contribution in [0.25, 0.3) is 0 Å². The smallest absolute Gasteiger partial charge is 0.417 e. The molecule has 1 aromatic carbocycles. The maximum absolute atomic E-state index is 12.8. The zero-order valence-corrected chi connectivity index (χ0v) is 18.9. The predicted molar refractivity (Wildman–Crippen MR) is 116 cm³/mol. The number of aromatic nitrogens is 1. The van der Waals surface area contributed by atoms with Gasteiger partial charge in [-0.3, -0.25) is 9.59 Å². The normalized spacial score (nSPS) is 14.0. The number of hydrogen-bond donors (Lipinski definition) is 0. The molecule has 2 aromatic rings. The zero-order valence-electron chi connectivity index (χ0n) is 18.1. The SMILES string of the molecule is CC(=O)c1ccc(OCC(=O)OCC(=O)N2CCN(c3ncc(C(F)(F)F)cc3Cl)CC2)cc1. The van der Waals surface area contributed by atoms with Gasteiger partial charge >= 0.3 is 12.1 Å². The molecule has 12 heteroatoms. The lowest BCUT2D eigenvalue weighted by Gasteiger charge is -2.35. The largest absolute Gasteiger partial charge is 0.482 e. The second-order valence-corrected chi connectivity index (χ2v) is 7.83. The van der Waals surface area contributed by atoms with Crippen molar-refractivity contribution >= 4 is 35.1 Å². The first-order chi connectivity index (χ1) is 16.0. The van der Waals surface area contributed by atoms with Gasteiger partial charge in [-0.05, 0) is 37.3 Å². The van der Waals surface area contributed by atoms with E-state index in [2.05, 4.69) is 4.98 Å². The van der Waals surface area contributed by atoms with Gasteiger partial charge in [0.25, 0.3) is 5.91 Å². The van der Waals surface area contributed by atoms with Crippen molar-refractivity contribution in [3.63, 3.8) is 0 Å². The van der Waals surface area contributed by atoms with Crippen LogP contribution in [0.5, 0.6) is 5.75 Å². The van der Waals surface area contributed by atoms with Crippen LogP contribution in [-0.2, 0) is 20.5 Å². The molecule has 1 amide bonds. The topological polar surface area (TPSA) is 89.0 Å². The third-order valence-electron chi connectivity index (χ3n) is 5.06. The van der Waals surface area contributed by atoms with E-state index in [0.717, 1.165) is 12.3 Å². The molecular formula is C22H21ClF3N3O5. The number of esters is 1. The van der Waals surface area contributed by atoms with Gasteiger partial charge < -0.3 is 19.3 Å². The predicted octanol–water partition coefficient (Wildman–Crippen LogP) is 3.23. The minimum Gasteiger partial charge on any atom is -0.482 e. The Labute approximate surface area is 198 Å². The Morgan fingerprint density at radius 2 is 1.71 bits per heavy atom. The molecule has 0 N–H and O–H groups in total. The van der Waals surface area contributed by atoms with E-state index in [4.69, 9.17) is 21.1 Å². The highest BCUT2D eigenvalue weighted by atomic mass is 35.5. The van der Waals surface area contributed by atoms with E-state index in [1.54, 1.807) is 29.2 Å². The number of rotatable bonds is 7. The molecule has 0 unspecified atom stereocenters. The molecular weight excluding hydrogens is 479 g/mol. The molecule has 0 atom stereocenters. The van der Waals surface area contributed by atoms with Gasteiger partial charge in [0.1, 0.15) is 11.6 Å². The van der Waals surface area contributed by atoms with Crippen LogP contribution in [-0.4, -0.2) is 66.9 Å². The Morgan fingerprint density at radius 3 is 2.26 bits per heavy atom. The highest BCUT2D eigenvalue weighted by Gasteiger charge is 2.32. The number of anilines is 1. The van der Waals surface area contributed by atoms with Crippen molar-refractivity contribution in [3.8, 4) is 5.75 Å². The first kappa shape index (κ1) is 25.3. The maximum Gasteiger partial charge on any atom is 0.417 e. The van der Waals surface area contributed by atoms with Crippen molar-refractivity contribution in [1.82, 2.24) is 9.88 Å². The second-order valence-electron chi connectivity index (χ2n) is 7.42. The van der Waals surface area contributed by atoms with Crippen molar-refractivity contribution < 1.29 is 37.0 Å². The summed E-state index contributed by atoms with van der Waals surface area (Å²) in [6.07, 6.45) is -3.82. The third kappa shape index (κ3) is 6.60. The van der Waals surface area contributed by atoms with Crippen LogP contribution in [0.1, 0.15) is 22.8 Å². The summed E-state index contributed by atoms with van der Waals surface area (Å²) in [5.41, 5.74) is -0.425. The Balaban J connectivity index is 1.42. The number of halogens is 4. The number of Topliss-reactive ketones (excluding diaryl/α,β-unsaturated/α-hetero) is 1. The van der Waals surface area contributed by atoms with E-state index in [1.807, 2.05) is 0 Å². The van der Waals surface area contributed by atoms with Crippen LogP contribution in [0.3, 0.4) is 0 Å². The fraction of sp³-hybridized carbons (Fsp3) is 0.364. The monoisotopic (exact) mass is 499 g/mol. The minimum atomic E-state index is -4.54. The summed E-state index contributed by atoms with van der Waals surface area (Å²) in [6.45, 7) is 1.69. The highest BCUT2D eigenvalue weighted by Crippen LogP contribution is 2.33. The van der Waals surface area contributed by atoms with Crippen molar-refractivity contribution in [2.45, 2.75) is 13.1 Å². The molecule has 0 saturated carbocycles. The van der Waals surface area contributed by atoms with Crippen molar-refractivity contribution in [2.24, 2.45) is 0 Å². The molecule has 3 rings (SSSR count). The number of carbonyl (C=O) groups is 3. The molecule has 1 saturated heterocycles. The summed E-state index contributed by atoms with van der Waals surface area (Å²) in [5.74, 6) is -0.653. The number of piperazine rings is 1. The first-order valence-electron chi connectivity index (χ1n) is 10.2. The van der Waals surface area contributed by atoms with Gasteiger partial charge in [-0.1, -0.05) is 11.6 Å². The molecule has 1 aromatic heterocycles. The van der Waals surface area contributed by atoms with Gasteiger partial charge in [0, 0.05) is 37.9 Å². The van der Waals surface area contributed by atoms with Crippen LogP contribution in [0, 0.1) is 0 Å². The van der Waals surface area contributed by atoms with E-state index >= 15 is 0 Å². The molecule has 0 radical (unpaired) electrons. The zero-order chi connectivity index (χ0) is 24.9. The number of nitrogens with zero attached hydrogens (tertiary/aromatic N) is 3.